The number of rotatable bonds is 8. The maximum absolute atomic E-state index is 12.2. The number of hydrogen-bond acceptors (Lipinski definition) is 5. The number of benzene rings is 1. The average molecular weight is 380 g/mol. The number of anilines is 1. The van der Waals surface area contributed by atoms with Crippen LogP contribution in [0.1, 0.15) is 18.7 Å². The first-order chi connectivity index (χ1) is 12.4. The molecule has 0 aliphatic carbocycles. The van der Waals surface area contributed by atoms with Crippen LogP contribution in [0.15, 0.2) is 41.0 Å². The number of nitrogens with zero attached hydrogens (tertiary/aromatic N) is 1. The van der Waals surface area contributed by atoms with Gasteiger partial charge in [0.15, 0.2) is 0 Å². The van der Waals surface area contributed by atoms with E-state index in [4.69, 9.17) is 20.8 Å². The largest absolute Gasteiger partial charge is 0.495 e. The van der Waals surface area contributed by atoms with Gasteiger partial charge in [-0.2, -0.15) is 0 Å². The van der Waals surface area contributed by atoms with Crippen LogP contribution in [0.2, 0.25) is 5.02 Å². The summed E-state index contributed by atoms with van der Waals surface area (Å²) in [7, 11) is 3.07. The molecule has 1 aromatic heterocycles. The third-order valence-electron chi connectivity index (χ3n) is 3.77. The minimum atomic E-state index is -0.347. The van der Waals surface area contributed by atoms with Gasteiger partial charge in [-0.3, -0.25) is 14.9 Å². The van der Waals surface area contributed by atoms with E-state index >= 15 is 0 Å². The molecule has 2 rings (SSSR count). The van der Waals surface area contributed by atoms with Crippen LogP contribution in [0.25, 0.3) is 0 Å². The van der Waals surface area contributed by atoms with Crippen LogP contribution in [-0.2, 0) is 9.59 Å². The van der Waals surface area contributed by atoms with E-state index in [-0.39, 0.29) is 30.9 Å². The molecule has 140 valence electrons. The molecule has 0 aliphatic heterocycles. The normalized spacial score (nSPS) is 11.7. The Kier molecular flexibility index (Phi) is 7.06. The van der Waals surface area contributed by atoms with Crippen LogP contribution in [-0.4, -0.2) is 44.0 Å². The summed E-state index contributed by atoms with van der Waals surface area (Å²) in [5.41, 5.74) is 0.454. The lowest BCUT2D eigenvalue weighted by Crippen LogP contribution is -2.40. The second-order valence-electron chi connectivity index (χ2n) is 5.76. The van der Waals surface area contributed by atoms with E-state index in [2.05, 4.69) is 10.6 Å². The molecule has 0 spiro atoms. The summed E-state index contributed by atoms with van der Waals surface area (Å²) < 4.78 is 10.5. The van der Waals surface area contributed by atoms with Crippen LogP contribution < -0.4 is 15.4 Å². The monoisotopic (exact) mass is 379 g/mol. The molecule has 2 amide bonds. The highest BCUT2D eigenvalue weighted by Crippen LogP contribution is 2.27. The Labute approximate surface area is 157 Å². The van der Waals surface area contributed by atoms with E-state index < -0.39 is 0 Å². The Morgan fingerprint density at radius 3 is 2.77 bits per heavy atom. The highest BCUT2D eigenvalue weighted by molar-refractivity contribution is 6.31. The average Bonchev–Trinajstić information content (AvgIpc) is 3.14. The fourth-order valence-corrected chi connectivity index (χ4v) is 2.46. The molecule has 2 N–H and O–H groups in total. The molecule has 0 saturated heterocycles. The summed E-state index contributed by atoms with van der Waals surface area (Å²) in [6.07, 6.45) is 1.58. The predicted octanol–water partition coefficient (Wildman–Crippen LogP) is 2.69. The predicted molar refractivity (Wildman–Crippen MR) is 99.4 cm³/mol. The zero-order chi connectivity index (χ0) is 19.1. The maximum Gasteiger partial charge on any atom is 0.244 e. The standard InChI is InChI=1S/C18H22ClN3O4/c1-12(15-5-4-8-26-15)20-10-18(24)22(2)11-17(23)21-14-9-13(19)6-7-16(14)25-3/h4-9,12,20H,10-11H2,1-3H3,(H,21,23)/t12-/m1/s1. The van der Waals surface area contributed by atoms with E-state index in [1.54, 1.807) is 37.6 Å². The smallest absolute Gasteiger partial charge is 0.244 e. The van der Waals surface area contributed by atoms with Gasteiger partial charge in [-0.05, 0) is 37.3 Å². The molecule has 0 aliphatic rings. The van der Waals surface area contributed by atoms with E-state index in [1.807, 2.05) is 13.0 Å². The van der Waals surface area contributed by atoms with Gasteiger partial charge in [-0.15, -0.1) is 0 Å². The summed E-state index contributed by atoms with van der Waals surface area (Å²) in [6, 6.07) is 8.43. The summed E-state index contributed by atoms with van der Waals surface area (Å²) in [5, 5.41) is 6.23. The van der Waals surface area contributed by atoms with Crippen LogP contribution in [0, 0.1) is 0 Å². The third-order valence-corrected chi connectivity index (χ3v) is 4.01. The van der Waals surface area contributed by atoms with Gasteiger partial charge >= 0.3 is 0 Å². The van der Waals surface area contributed by atoms with Crippen LogP contribution >= 0.6 is 11.6 Å². The number of carbonyl (C=O) groups is 2. The molecule has 1 aromatic carbocycles. The first-order valence-electron chi connectivity index (χ1n) is 8.05. The number of carbonyl (C=O) groups excluding carboxylic acids is 2. The van der Waals surface area contributed by atoms with Crippen molar-refractivity contribution in [3.63, 3.8) is 0 Å². The number of likely N-dealkylation sites (N-methyl/N-ethyl adjacent to an activating group) is 1. The van der Waals surface area contributed by atoms with Crippen molar-refractivity contribution in [2.24, 2.45) is 0 Å². The molecule has 1 heterocycles. The summed E-state index contributed by atoms with van der Waals surface area (Å²) in [4.78, 5) is 25.7. The fourth-order valence-electron chi connectivity index (χ4n) is 2.28. The lowest BCUT2D eigenvalue weighted by molar-refractivity contribution is -0.132. The molecular weight excluding hydrogens is 358 g/mol. The summed E-state index contributed by atoms with van der Waals surface area (Å²) >= 11 is 5.94. The van der Waals surface area contributed by atoms with E-state index in [9.17, 15) is 9.59 Å². The van der Waals surface area contributed by atoms with Crippen LogP contribution in [0.3, 0.4) is 0 Å². The van der Waals surface area contributed by atoms with Crippen molar-refractivity contribution in [3.8, 4) is 5.75 Å². The summed E-state index contributed by atoms with van der Waals surface area (Å²) in [6.45, 7) is 1.89. The minimum absolute atomic E-state index is 0.0894. The van der Waals surface area contributed by atoms with Crippen molar-refractivity contribution in [2.75, 3.05) is 32.6 Å². The fraction of sp³-hybridized carbons (Fsp3) is 0.333. The first-order valence-corrected chi connectivity index (χ1v) is 8.42. The van der Waals surface area contributed by atoms with Gasteiger partial charge in [-0.1, -0.05) is 11.6 Å². The van der Waals surface area contributed by atoms with Crippen LogP contribution in [0.4, 0.5) is 5.69 Å². The number of nitrogens with one attached hydrogen (secondary N) is 2. The lowest BCUT2D eigenvalue weighted by atomic mass is 10.2. The summed E-state index contributed by atoms with van der Waals surface area (Å²) in [5.74, 6) is 0.675. The molecule has 7 nitrogen and oxygen atoms in total. The number of hydrogen-bond donors (Lipinski definition) is 2. The second kappa shape index (κ2) is 9.26. The van der Waals surface area contributed by atoms with Gasteiger partial charge in [-0.25, -0.2) is 0 Å². The molecule has 0 bridgehead atoms. The molecule has 8 heteroatoms. The van der Waals surface area contributed by atoms with Gasteiger partial charge < -0.3 is 19.4 Å². The Morgan fingerprint density at radius 2 is 2.12 bits per heavy atom. The van der Waals surface area contributed by atoms with Gasteiger partial charge in [0.2, 0.25) is 11.8 Å². The first kappa shape index (κ1) is 19.8. The van der Waals surface area contributed by atoms with Crippen molar-refractivity contribution in [1.82, 2.24) is 10.2 Å². The zero-order valence-electron chi connectivity index (χ0n) is 14.9. The second-order valence-corrected chi connectivity index (χ2v) is 6.20. The van der Waals surface area contributed by atoms with Gasteiger partial charge in [0.05, 0.1) is 38.2 Å². The van der Waals surface area contributed by atoms with Gasteiger partial charge in [0, 0.05) is 12.1 Å². The molecule has 26 heavy (non-hydrogen) atoms. The van der Waals surface area contributed by atoms with Crippen molar-refractivity contribution < 1.29 is 18.7 Å². The Hall–Kier alpha value is -2.51. The molecule has 1 atom stereocenters. The van der Waals surface area contributed by atoms with Crippen molar-refractivity contribution >= 4 is 29.1 Å². The Bertz CT molecular complexity index is 749. The van der Waals surface area contributed by atoms with Crippen molar-refractivity contribution in [2.45, 2.75) is 13.0 Å². The van der Waals surface area contributed by atoms with Gasteiger partial charge in [0.25, 0.3) is 0 Å². The molecule has 0 fully saturated rings. The van der Waals surface area contributed by atoms with Crippen molar-refractivity contribution in [1.29, 1.82) is 0 Å². The lowest BCUT2D eigenvalue weighted by Gasteiger charge is -2.19. The molecular formula is C18H22ClN3O4. The Balaban J connectivity index is 1.84. The van der Waals surface area contributed by atoms with E-state index in [1.165, 1.54) is 12.0 Å². The third kappa shape index (κ3) is 5.50. The highest BCUT2D eigenvalue weighted by Gasteiger charge is 2.16. The van der Waals surface area contributed by atoms with Gasteiger partial charge in [0.1, 0.15) is 11.5 Å². The van der Waals surface area contributed by atoms with E-state index in [0.29, 0.717) is 16.5 Å². The SMILES string of the molecule is COc1ccc(Cl)cc1NC(=O)CN(C)C(=O)CN[C@H](C)c1ccco1. The zero-order valence-corrected chi connectivity index (χ0v) is 15.7. The Morgan fingerprint density at radius 1 is 1.35 bits per heavy atom. The van der Waals surface area contributed by atoms with Crippen molar-refractivity contribution in [3.05, 3.63) is 47.4 Å². The highest BCUT2D eigenvalue weighted by atomic mass is 35.5. The number of halogens is 1. The molecule has 0 saturated carbocycles. The van der Waals surface area contributed by atoms with E-state index in [0.717, 1.165) is 5.76 Å². The minimum Gasteiger partial charge on any atom is -0.495 e. The number of furan rings is 1. The molecule has 2 aromatic rings. The molecule has 0 radical (unpaired) electrons. The number of amides is 2. The quantitative estimate of drug-likeness (QED) is 0.736. The maximum atomic E-state index is 12.2. The van der Waals surface area contributed by atoms with Crippen LogP contribution in [0.5, 0.6) is 5.75 Å². The molecule has 0 unspecified atom stereocenters. The number of ether oxygens (including phenoxy) is 1. The number of methoxy groups -OCH3 is 1. The topological polar surface area (TPSA) is 83.8 Å².